The number of nitrogens with zero attached hydrogens (tertiary/aromatic N) is 5. The maximum atomic E-state index is 12.3. The van der Waals surface area contributed by atoms with Crippen molar-refractivity contribution < 1.29 is 4.79 Å². The molecule has 1 atom stereocenters. The first-order valence-electron chi connectivity index (χ1n) is 6.61. The summed E-state index contributed by atoms with van der Waals surface area (Å²) in [6.45, 7) is 1.87. The third kappa shape index (κ3) is 2.38. The van der Waals surface area contributed by atoms with Gasteiger partial charge in [-0.25, -0.2) is 9.97 Å². The Labute approximate surface area is 116 Å². The van der Waals surface area contributed by atoms with Crippen molar-refractivity contribution in [2.75, 3.05) is 5.32 Å². The summed E-state index contributed by atoms with van der Waals surface area (Å²) in [7, 11) is 1.86. The van der Waals surface area contributed by atoms with E-state index in [-0.39, 0.29) is 11.8 Å². The van der Waals surface area contributed by atoms with Crippen LogP contribution in [0.3, 0.4) is 0 Å². The molecule has 0 aliphatic heterocycles. The number of anilines is 1. The zero-order valence-electron chi connectivity index (χ0n) is 11.5. The van der Waals surface area contributed by atoms with Crippen molar-refractivity contribution in [3.63, 3.8) is 0 Å². The Balaban J connectivity index is 1.71. The fraction of sp³-hybridized carbons (Fsp3) is 0.462. The highest BCUT2D eigenvalue weighted by Gasteiger charge is 2.28. The fourth-order valence-corrected chi connectivity index (χ4v) is 2.46. The van der Waals surface area contributed by atoms with Crippen LogP contribution in [0.15, 0.2) is 12.3 Å². The second-order valence-electron chi connectivity index (χ2n) is 5.06. The van der Waals surface area contributed by atoms with E-state index in [1.54, 1.807) is 16.9 Å². The highest BCUT2D eigenvalue weighted by atomic mass is 16.2. The normalized spacial score (nSPS) is 17.6. The van der Waals surface area contributed by atoms with Gasteiger partial charge in [-0.2, -0.15) is 0 Å². The van der Waals surface area contributed by atoms with E-state index >= 15 is 0 Å². The molecule has 0 spiro atoms. The Morgan fingerprint density at radius 1 is 1.50 bits per heavy atom. The van der Waals surface area contributed by atoms with Crippen LogP contribution in [0.5, 0.6) is 0 Å². The summed E-state index contributed by atoms with van der Waals surface area (Å²) in [5.74, 6) is 0.246. The number of carbonyl (C=O) groups excluding carboxylic acids is 1. The van der Waals surface area contributed by atoms with Crippen molar-refractivity contribution in [3.05, 3.63) is 29.3 Å². The maximum Gasteiger partial charge on any atom is 0.230 e. The molecule has 0 fully saturated rings. The highest BCUT2D eigenvalue weighted by molar-refractivity contribution is 5.91. The lowest BCUT2D eigenvalue weighted by Crippen LogP contribution is -2.29. The molecule has 1 aliphatic carbocycles. The van der Waals surface area contributed by atoms with Crippen molar-refractivity contribution in [2.45, 2.75) is 26.2 Å². The lowest BCUT2D eigenvalue weighted by atomic mass is 9.89. The van der Waals surface area contributed by atoms with Crippen LogP contribution in [0.25, 0.3) is 0 Å². The van der Waals surface area contributed by atoms with Gasteiger partial charge in [0.2, 0.25) is 11.9 Å². The average molecular weight is 272 g/mol. The number of carbonyl (C=O) groups is 1. The largest absolute Gasteiger partial charge is 0.294 e. The number of hydrogen-bond acceptors (Lipinski definition) is 5. The van der Waals surface area contributed by atoms with Crippen molar-refractivity contribution in [1.29, 1.82) is 0 Å². The minimum atomic E-state index is -0.0798. The van der Waals surface area contributed by atoms with Gasteiger partial charge in [-0.15, -0.1) is 5.10 Å². The number of nitrogens with one attached hydrogen (secondary N) is 1. The summed E-state index contributed by atoms with van der Waals surface area (Å²) in [4.78, 5) is 20.5. The molecule has 20 heavy (non-hydrogen) atoms. The zero-order chi connectivity index (χ0) is 14.1. The Morgan fingerprint density at radius 2 is 2.35 bits per heavy atom. The molecule has 1 aliphatic rings. The number of aromatic nitrogens is 5. The first-order valence-corrected chi connectivity index (χ1v) is 6.61. The van der Waals surface area contributed by atoms with Crippen LogP contribution in [0.1, 0.15) is 23.5 Å². The Bertz CT molecular complexity index is 650. The first kappa shape index (κ1) is 12.7. The van der Waals surface area contributed by atoms with E-state index in [9.17, 15) is 4.79 Å². The van der Waals surface area contributed by atoms with E-state index in [0.717, 1.165) is 29.9 Å². The number of aryl methyl sites for hydroxylation is 3. The monoisotopic (exact) mass is 272 g/mol. The highest BCUT2D eigenvalue weighted by Crippen LogP contribution is 2.24. The molecule has 3 rings (SSSR count). The zero-order valence-corrected chi connectivity index (χ0v) is 11.5. The average Bonchev–Trinajstić information content (AvgIpc) is 2.80. The van der Waals surface area contributed by atoms with Crippen molar-refractivity contribution in [2.24, 2.45) is 13.0 Å². The molecule has 0 saturated heterocycles. The summed E-state index contributed by atoms with van der Waals surface area (Å²) in [5, 5.41) is 10.9. The third-order valence-electron chi connectivity index (χ3n) is 3.59. The quantitative estimate of drug-likeness (QED) is 0.867. The van der Waals surface area contributed by atoms with Crippen LogP contribution in [-0.2, 0) is 24.7 Å². The van der Waals surface area contributed by atoms with Gasteiger partial charge in [0.25, 0.3) is 0 Å². The molecule has 7 heteroatoms. The molecule has 0 saturated carbocycles. The third-order valence-corrected chi connectivity index (χ3v) is 3.59. The van der Waals surface area contributed by atoms with Crippen LogP contribution in [0.2, 0.25) is 0 Å². The maximum absolute atomic E-state index is 12.3. The minimum Gasteiger partial charge on any atom is -0.294 e. The second kappa shape index (κ2) is 4.99. The van der Waals surface area contributed by atoms with Gasteiger partial charge in [0.05, 0.1) is 11.4 Å². The molecule has 2 heterocycles. The van der Waals surface area contributed by atoms with E-state index in [0.29, 0.717) is 12.4 Å². The van der Waals surface area contributed by atoms with Gasteiger partial charge >= 0.3 is 0 Å². The number of amides is 1. The molecule has 1 amide bonds. The van der Waals surface area contributed by atoms with Gasteiger partial charge in [-0.3, -0.25) is 14.8 Å². The molecular weight excluding hydrogens is 256 g/mol. The predicted octanol–water partition coefficient (Wildman–Crippen LogP) is 0.657. The molecule has 7 nitrogen and oxygen atoms in total. The molecule has 0 aromatic carbocycles. The molecule has 0 bridgehead atoms. The Hall–Kier alpha value is -2.31. The van der Waals surface area contributed by atoms with E-state index in [4.69, 9.17) is 0 Å². The van der Waals surface area contributed by atoms with Crippen LogP contribution in [0, 0.1) is 12.8 Å². The Morgan fingerprint density at radius 3 is 3.15 bits per heavy atom. The van der Waals surface area contributed by atoms with Gasteiger partial charge in [0, 0.05) is 31.3 Å². The SMILES string of the molecule is Cc1ccnc(NC(=O)C2CCc3nnn(C)c3C2)n1. The first-order chi connectivity index (χ1) is 9.63. The summed E-state index contributed by atoms with van der Waals surface area (Å²) < 4.78 is 1.75. The molecule has 2 aromatic heterocycles. The van der Waals surface area contributed by atoms with Gasteiger partial charge in [0.15, 0.2) is 0 Å². The lowest BCUT2D eigenvalue weighted by Gasteiger charge is -2.20. The van der Waals surface area contributed by atoms with E-state index in [1.165, 1.54) is 0 Å². The fourth-order valence-electron chi connectivity index (χ4n) is 2.46. The number of fused-ring (bicyclic) bond motifs is 1. The Kier molecular flexibility index (Phi) is 3.17. The van der Waals surface area contributed by atoms with Crippen LogP contribution >= 0.6 is 0 Å². The van der Waals surface area contributed by atoms with Gasteiger partial charge in [-0.05, 0) is 25.8 Å². The van der Waals surface area contributed by atoms with Crippen LogP contribution in [-0.4, -0.2) is 30.9 Å². The molecule has 1 unspecified atom stereocenters. The second-order valence-corrected chi connectivity index (χ2v) is 5.06. The molecule has 104 valence electrons. The van der Waals surface area contributed by atoms with E-state index in [1.807, 2.05) is 14.0 Å². The smallest absolute Gasteiger partial charge is 0.230 e. The lowest BCUT2D eigenvalue weighted by molar-refractivity contribution is -0.120. The van der Waals surface area contributed by atoms with E-state index < -0.39 is 0 Å². The summed E-state index contributed by atoms with van der Waals surface area (Å²) in [6, 6.07) is 1.80. The molecule has 2 aromatic rings. The summed E-state index contributed by atoms with van der Waals surface area (Å²) in [6.07, 6.45) is 3.87. The predicted molar refractivity (Wildman–Crippen MR) is 71.9 cm³/mol. The van der Waals surface area contributed by atoms with Crippen molar-refractivity contribution >= 4 is 11.9 Å². The van der Waals surface area contributed by atoms with Crippen molar-refractivity contribution in [1.82, 2.24) is 25.0 Å². The molecule has 0 radical (unpaired) electrons. The van der Waals surface area contributed by atoms with Crippen LogP contribution in [0.4, 0.5) is 5.95 Å². The van der Waals surface area contributed by atoms with E-state index in [2.05, 4.69) is 25.6 Å². The molecular formula is C13H16N6O. The number of rotatable bonds is 2. The van der Waals surface area contributed by atoms with Crippen LogP contribution < -0.4 is 5.32 Å². The van der Waals surface area contributed by atoms with Gasteiger partial charge in [0.1, 0.15) is 0 Å². The summed E-state index contributed by atoms with van der Waals surface area (Å²) >= 11 is 0. The topological polar surface area (TPSA) is 85.6 Å². The minimum absolute atomic E-state index is 0.0394. The van der Waals surface area contributed by atoms with Gasteiger partial charge < -0.3 is 0 Å². The van der Waals surface area contributed by atoms with Gasteiger partial charge in [-0.1, -0.05) is 5.21 Å². The standard InChI is InChI=1S/C13H16N6O/c1-8-5-6-14-13(15-8)16-12(20)9-3-4-10-11(7-9)19(2)18-17-10/h5-6,9H,3-4,7H2,1-2H3,(H,14,15,16,20). The molecule has 1 N–H and O–H groups in total. The number of hydrogen-bond donors (Lipinski definition) is 1. The van der Waals surface area contributed by atoms with Crippen molar-refractivity contribution in [3.8, 4) is 0 Å². The summed E-state index contributed by atoms with van der Waals surface area (Å²) in [5.41, 5.74) is 2.88.